The third-order valence-electron chi connectivity index (χ3n) is 3.44. The van der Waals surface area contributed by atoms with E-state index in [2.05, 4.69) is 5.32 Å². The molecule has 0 fully saturated rings. The minimum atomic E-state index is -0.182. The van der Waals surface area contributed by atoms with Crippen molar-refractivity contribution < 1.29 is 9.21 Å². The molecule has 1 heterocycles. The van der Waals surface area contributed by atoms with Crippen LogP contribution in [-0.4, -0.2) is 11.0 Å². The highest BCUT2D eigenvalue weighted by atomic mass is 32.1. The summed E-state index contributed by atoms with van der Waals surface area (Å²) in [6, 6.07) is 22.1. The molecule has 0 atom stereocenters. The average Bonchev–Trinajstić information content (AvgIpc) is 3.15. The summed E-state index contributed by atoms with van der Waals surface area (Å²) in [5.41, 5.74) is 1.28. The fourth-order valence-corrected chi connectivity index (χ4v) is 2.53. The molecule has 0 saturated carbocycles. The van der Waals surface area contributed by atoms with Gasteiger partial charge in [-0.1, -0.05) is 36.4 Å². The lowest BCUT2D eigenvalue weighted by atomic mass is 10.2. The van der Waals surface area contributed by atoms with Gasteiger partial charge in [0.05, 0.1) is 18.5 Å². The summed E-state index contributed by atoms with van der Waals surface area (Å²) in [7, 11) is 0. The molecule has 5 heteroatoms. The molecule has 2 aromatic carbocycles. The number of carbonyl (C=O) groups is 1. The van der Waals surface area contributed by atoms with Crippen LogP contribution < -0.4 is 10.2 Å². The van der Waals surface area contributed by atoms with E-state index in [1.807, 2.05) is 60.7 Å². The van der Waals surface area contributed by atoms with Gasteiger partial charge in [-0.25, -0.2) is 0 Å². The van der Waals surface area contributed by atoms with E-state index in [4.69, 9.17) is 16.6 Å². The lowest BCUT2D eigenvalue weighted by Crippen LogP contribution is -2.43. The zero-order chi connectivity index (χ0) is 16.8. The van der Waals surface area contributed by atoms with Gasteiger partial charge in [-0.05, 0) is 48.6 Å². The second kappa shape index (κ2) is 7.57. The van der Waals surface area contributed by atoms with E-state index >= 15 is 0 Å². The third-order valence-corrected chi connectivity index (χ3v) is 3.76. The van der Waals surface area contributed by atoms with Crippen LogP contribution in [0.15, 0.2) is 83.5 Å². The lowest BCUT2D eigenvalue weighted by molar-refractivity contribution is 0.100. The average molecular weight is 336 g/mol. The number of furan rings is 1. The third kappa shape index (κ3) is 3.70. The Morgan fingerprint density at radius 3 is 2.25 bits per heavy atom. The Morgan fingerprint density at radius 2 is 1.62 bits per heavy atom. The topological polar surface area (TPSA) is 45.5 Å². The first-order chi connectivity index (χ1) is 11.8. The molecule has 4 nitrogen and oxygen atoms in total. The number of nitrogens with zero attached hydrogens (tertiary/aromatic N) is 1. The van der Waals surface area contributed by atoms with Crippen molar-refractivity contribution in [2.24, 2.45) is 0 Å². The van der Waals surface area contributed by atoms with Crippen LogP contribution >= 0.6 is 12.2 Å². The summed E-state index contributed by atoms with van der Waals surface area (Å²) < 4.78 is 5.29. The largest absolute Gasteiger partial charge is 0.467 e. The Bertz CT molecular complexity index is 802. The predicted molar refractivity (Wildman–Crippen MR) is 97.8 cm³/mol. The molecule has 0 aliphatic rings. The van der Waals surface area contributed by atoms with Crippen molar-refractivity contribution in [3.63, 3.8) is 0 Å². The SMILES string of the molecule is O=C(c1ccccc1)N(C(=S)NCc1ccco1)c1ccccc1. The predicted octanol–water partition coefficient (Wildman–Crippen LogP) is 4.00. The Morgan fingerprint density at radius 1 is 0.958 bits per heavy atom. The number of para-hydroxylation sites is 1. The molecule has 0 aliphatic carbocycles. The molecular weight excluding hydrogens is 320 g/mol. The summed E-state index contributed by atoms with van der Waals surface area (Å²) in [5, 5.41) is 3.40. The number of anilines is 1. The standard InChI is InChI=1S/C19H16N2O2S/c22-18(15-8-3-1-4-9-15)21(16-10-5-2-6-11-16)19(24)20-14-17-12-7-13-23-17/h1-13H,14H2,(H,20,24). The smallest absolute Gasteiger partial charge is 0.264 e. The highest BCUT2D eigenvalue weighted by Gasteiger charge is 2.21. The maximum absolute atomic E-state index is 12.9. The molecule has 1 N–H and O–H groups in total. The van der Waals surface area contributed by atoms with Gasteiger partial charge in [0.2, 0.25) is 0 Å². The van der Waals surface area contributed by atoms with Crippen molar-refractivity contribution in [2.75, 3.05) is 4.90 Å². The maximum atomic E-state index is 12.9. The molecule has 0 saturated heterocycles. The lowest BCUT2D eigenvalue weighted by Gasteiger charge is -2.24. The molecule has 120 valence electrons. The molecule has 0 radical (unpaired) electrons. The van der Waals surface area contributed by atoms with Crippen LogP contribution in [0, 0.1) is 0 Å². The van der Waals surface area contributed by atoms with Gasteiger partial charge < -0.3 is 9.73 Å². The van der Waals surface area contributed by atoms with Gasteiger partial charge in [0, 0.05) is 5.56 Å². The quantitative estimate of drug-likeness (QED) is 0.732. The van der Waals surface area contributed by atoms with Gasteiger partial charge in [0.1, 0.15) is 5.76 Å². The van der Waals surface area contributed by atoms with Crippen molar-refractivity contribution in [3.8, 4) is 0 Å². The summed E-state index contributed by atoms with van der Waals surface area (Å²) in [6.45, 7) is 0.414. The van der Waals surface area contributed by atoms with Crippen LogP contribution in [0.4, 0.5) is 5.69 Å². The first-order valence-corrected chi connectivity index (χ1v) is 7.91. The second-order valence-electron chi connectivity index (χ2n) is 5.08. The fraction of sp³-hybridized carbons (Fsp3) is 0.0526. The molecule has 3 aromatic rings. The van der Waals surface area contributed by atoms with Crippen LogP contribution in [0.2, 0.25) is 0 Å². The molecule has 3 rings (SSSR count). The normalized spacial score (nSPS) is 10.2. The van der Waals surface area contributed by atoms with E-state index in [9.17, 15) is 4.79 Å². The number of amides is 1. The molecule has 0 aliphatic heterocycles. The molecule has 1 aromatic heterocycles. The zero-order valence-corrected chi connectivity index (χ0v) is 13.7. The molecule has 0 bridgehead atoms. The Hall–Kier alpha value is -2.92. The molecule has 0 unspecified atom stereocenters. The summed E-state index contributed by atoms with van der Waals surface area (Å²) in [5.74, 6) is 0.566. The van der Waals surface area contributed by atoms with Crippen molar-refractivity contribution in [2.45, 2.75) is 6.54 Å². The van der Waals surface area contributed by atoms with Gasteiger partial charge >= 0.3 is 0 Å². The second-order valence-corrected chi connectivity index (χ2v) is 5.47. The Kier molecular flexibility index (Phi) is 5.03. The van der Waals surface area contributed by atoms with Crippen LogP contribution in [0.3, 0.4) is 0 Å². The van der Waals surface area contributed by atoms with Crippen molar-refractivity contribution in [1.82, 2.24) is 5.32 Å². The van der Waals surface area contributed by atoms with Gasteiger partial charge in [0.25, 0.3) is 5.91 Å². The molecule has 24 heavy (non-hydrogen) atoms. The van der Waals surface area contributed by atoms with E-state index < -0.39 is 0 Å². The first kappa shape index (κ1) is 16.0. The Labute approximate surface area is 145 Å². The van der Waals surface area contributed by atoms with Gasteiger partial charge in [-0.2, -0.15) is 0 Å². The number of nitrogens with one attached hydrogen (secondary N) is 1. The van der Waals surface area contributed by atoms with Gasteiger partial charge in [0.15, 0.2) is 5.11 Å². The number of carbonyl (C=O) groups excluding carboxylic acids is 1. The van der Waals surface area contributed by atoms with Crippen LogP contribution in [0.5, 0.6) is 0 Å². The first-order valence-electron chi connectivity index (χ1n) is 7.50. The van der Waals surface area contributed by atoms with Crippen molar-refractivity contribution >= 4 is 28.9 Å². The van der Waals surface area contributed by atoms with Crippen LogP contribution in [-0.2, 0) is 6.54 Å². The van der Waals surface area contributed by atoms with E-state index in [1.165, 1.54) is 4.90 Å². The molecule has 0 spiro atoms. The minimum absolute atomic E-state index is 0.182. The highest BCUT2D eigenvalue weighted by Crippen LogP contribution is 2.17. The number of hydrogen-bond acceptors (Lipinski definition) is 3. The number of rotatable bonds is 4. The van der Waals surface area contributed by atoms with Crippen LogP contribution in [0.25, 0.3) is 0 Å². The molecular formula is C19H16N2O2S. The zero-order valence-electron chi connectivity index (χ0n) is 12.9. The van der Waals surface area contributed by atoms with Crippen LogP contribution in [0.1, 0.15) is 16.1 Å². The van der Waals surface area contributed by atoms with E-state index in [0.717, 1.165) is 5.76 Å². The van der Waals surface area contributed by atoms with E-state index in [-0.39, 0.29) is 5.91 Å². The minimum Gasteiger partial charge on any atom is -0.467 e. The number of hydrogen-bond donors (Lipinski definition) is 1. The van der Waals surface area contributed by atoms with Gasteiger partial charge in [-0.15, -0.1) is 0 Å². The van der Waals surface area contributed by atoms with E-state index in [0.29, 0.717) is 22.9 Å². The Balaban J connectivity index is 1.85. The summed E-state index contributed by atoms with van der Waals surface area (Å²) in [4.78, 5) is 14.4. The van der Waals surface area contributed by atoms with Gasteiger partial charge in [-0.3, -0.25) is 9.69 Å². The number of thiocarbonyl (C=S) groups is 1. The monoisotopic (exact) mass is 336 g/mol. The highest BCUT2D eigenvalue weighted by molar-refractivity contribution is 7.80. The van der Waals surface area contributed by atoms with Crippen molar-refractivity contribution in [3.05, 3.63) is 90.4 Å². The fourth-order valence-electron chi connectivity index (χ4n) is 2.27. The summed E-state index contributed by atoms with van der Waals surface area (Å²) >= 11 is 5.46. The summed E-state index contributed by atoms with van der Waals surface area (Å²) in [6.07, 6.45) is 1.60. The number of benzene rings is 2. The maximum Gasteiger partial charge on any atom is 0.264 e. The molecule has 1 amide bonds. The van der Waals surface area contributed by atoms with E-state index in [1.54, 1.807) is 18.4 Å². The van der Waals surface area contributed by atoms with Crippen molar-refractivity contribution in [1.29, 1.82) is 0 Å².